The standard InChI is InChI=1S/C14H22BrN3/c1-12(11-18-7-2-3-8-18)9-16-10-13-5-4-6-14(15)17-13/h4-6,12,16H,2-3,7-11H2,1H3. The number of likely N-dealkylation sites (tertiary alicyclic amines) is 1. The number of nitrogens with one attached hydrogen (secondary N) is 1. The van der Waals surface area contributed by atoms with Gasteiger partial charge in [-0.15, -0.1) is 0 Å². The zero-order valence-electron chi connectivity index (χ0n) is 11.0. The van der Waals surface area contributed by atoms with Gasteiger partial charge in [-0.25, -0.2) is 4.98 Å². The summed E-state index contributed by atoms with van der Waals surface area (Å²) in [4.78, 5) is 6.99. The second-order valence-electron chi connectivity index (χ2n) is 5.20. The van der Waals surface area contributed by atoms with Gasteiger partial charge in [-0.2, -0.15) is 0 Å². The Hall–Kier alpha value is -0.450. The highest BCUT2D eigenvalue weighted by atomic mass is 79.9. The Morgan fingerprint density at radius 2 is 2.17 bits per heavy atom. The van der Waals surface area contributed by atoms with Crippen molar-refractivity contribution in [2.24, 2.45) is 5.92 Å². The average molecular weight is 312 g/mol. The highest BCUT2D eigenvalue weighted by Gasteiger charge is 2.14. The van der Waals surface area contributed by atoms with Gasteiger partial charge in [0.1, 0.15) is 4.60 Å². The van der Waals surface area contributed by atoms with Crippen molar-refractivity contribution < 1.29 is 0 Å². The normalized spacial score (nSPS) is 18.1. The van der Waals surface area contributed by atoms with Gasteiger partial charge in [-0.05, 0) is 66.5 Å². The van der Waals surface area contributed by atoms with Crippen LogP contribution < -0.4 is 5.32 Å². The molecule has 100 valence electrons. The van der Waals surface area contributed by atoms with Crippen LogP contribution in [0.5, 0.6) is 0 Å². The molecule has 0 aromatic carbocycles. The van der Waals surface area contributed by atoms with Gasteiger partial charge in [0.25, 0.3) is 0 Å². The van der Waals surface area contributed by atoms with Gasteiger partial charge >= 0.3 is 0 Å². The summed E-state index contributed by atoms with van der Waals surface area (Å²) in [6.45, 7) is 8.03. The van der Waals surface area contributed by atoms with Crippen LogP contribution in [0.4, 0.5) is 0 Å². The highest BCUT2D eigenvalue weighted by Crippen LogP contribution is 2.10. The second-order valence-corrected chi connectivity index (χ2v) is 6.01. The third kappa shape index (κ3) is 4.67. The van der Waals surface area contributed by atoms with E-state index in [0.717, 1.165) is 23.4 Å². The Kier molecular flexibility index (Phi) is 5.60. The number of nitrogens with zero attached hydrogens (tertiary/aromatic N) is 2. The first-order valence-corrected chi connectivity index (χ1v) is 7.58. The Balaban J connectivity index is 1.65. The third-order valence-corrected chi connectivity index (χ3v) is 3.78. The summed E-state index contributed by atoms with van der Waals surface area (Å²) in [6, 6.07) is 6.05. The molecule has 2 heterocycles. The van der Waals surface area contributed by atoms with Gasteiger partial charge in [0.05, 0.1) is 5.69 Å². The summed E-state index contributed by atoms with van der Waals surface area (Å²) in [5, 5.41) is 3.49. The Bertz CT molecular complexity index is 364. The van der Waals surface area contributed by atoms with Gasteiger partial charge in [-0.3, -0.25) is 0 Å². The minimum Gasteiger partial charge on any atom is -0.311 e. The molecular weight excluding hydrogens is 290 g/mol. The molecule has 1 fully saturated rings. The van der Waals surface area contributed by atoms with E-state index in [1.807, 2.05) is 12.1 Å². The van der Waals surface area contributed by atoms with Gasteiger partial charge in [0, 0.05) is 13.1 Å². The molecule has 4 heteroatoms. The molecule has 0 saturated carbocycles. The van der Waals surface area contributed by atoms with Crippen LogP contribution in [0.3, 0.4) is 0 Å². The van der Waals surface area contributed by atoms with Crippen LogP contribution in [0.1, 0.15) is 25.5 Å². The SMILES string of the molecule is CC(CNCc1cccc(Br)n1)CN1CCCC1. The molecule has 1 aromatic rings. The van der Waals surface area contributed by atoms with Crippen LogP contribution in [0, 0.1) is 5.92 Å². The van der Waals surface area contributed by atoms with E-state index in [1.54, 1.807) is 0 Å². The fourth-order valence-corrected chi connectivity index (χ4v) is 2.85. The molecule has 0 spiro atoms. The van der Waals surface area contributed by atoms with Crippen molar-refractivity contribution in [3.05, 3.63) is 28.5 Å². The first kappa shape index (κ1) is 14.0. The van der Waals surface area contributed by atoms with E-state index in [4.69, 9.17) is 0 Å². The Labute approximate surface area is 118 Å². The first-order valence-electron chi connectivity index (χ1n) is 6.78. The zero-order valence-corrected chi connectivity index (χ0v) is 12.6. The molecule has 0 amide bonds. The predicted octanol–water partition coefficient (Wildman–Crippen LogP) is 2.67. The van der Waals surface area contributed by atoms with Crippen LogP contribution >= 0.6 is 15.9 Å². The monoisotopic (exact) mass is 311 g/mol. The summed E-state index contributed by atoms with van der Waals surface area (Å²) in [5.41, 5.74) is 1.10. The topological polar surface area (TPSA) is 28.2 Å². The molecule has 1 atom stereocenters. The predicted molar refractivity (Wildman–Crippen MR) is 78.5 cm³/mol. The lowest BCUT2D eigenvalue weighted by Crippen LogP contribution is -2.31. The molecule has 2 rings (SSSR count). The van der Waals surface area contributed by atoms with Crippen molar-refractivity contribution in [3.63, 3.8) is 0 Å². The molecule has 1 aliphatic heterocycles. The fourth-order valence-electron chi connectivity index (χ4n) is 2.47. The van der Waals surface area contributed by atoms with E-state index in [0.29, 0.717) is 5.92 Å². The zero-order chi connectivity index (χ0) is 12.8. The van der Waals surface area contributed by atoms with E-state index in [9.17, 15) is 0 Å². The number of rotatable bonds is 6. The van der Waals surface area contributed by atoms with E-state index in [2.05, 4.69) is 44.1 Å². The quantitative estimate of drug-likeness (QED) is 0.819. The van der Waals surface area contributed by atoms with Crippen LogP contribution in [-0.2, 0) is 6.54 Å². The molecule has 0 radical (unpaired) electrons. The molecule has 18 heavy (non-hydrogen) atoms. The number of aromatic nitrogens is 1. The first-order chi connectivity index (χ1) is 8.74. The van der Waals surface area contributed by atoms with Crippen molar-refractivity contribution in [3.8, 4) is 0 Å². The van der Waals surface area contributed by atoms with Crippen LogP contribution in [-0.4, -0.2) is 36.1 Å². The van der Waals surface area contributed by atoms with E-state index in [1.165, 1.54) is 32.5 Å². The minimum atomic E-state index is 0.704. The Morgan fingerprint density at radius 1 is 1.39 bits per heavy atom. The van der Waals surface area contributed by atoms with Crippen molar-refractivity contribution in [2.75, 3.05) is 26.2 Å². The van der Waals surface area contributed by atoms with Gasteiger partial charge in [0.2, 0.25) is 0 Å². The molecule has 1 unspecified atom stereocenters. The number of pyridine rings is 1. The molecule has 1 N–H and O–H groups in total. The van der Waals surface area contributed by atoms with E-state index >= 15 is 0 Å². The number of hydrogen-bond donors (Lipinski definition) is 1. The Morgan fingerprint density at radius 3 is 2.89 bits per heavy atom. The summed E-state index contributed by atoms with van der Waals surface area (Å²) in [5.74, 6) is 0.704. The molecular formula is C14H22BrN3. The van der Waals surface area contributed by atoms with Crippen molar-refractivity contribution >= 4 is 15.9 Å². The molecule has 1 aliphatic rings. The molecule has 1 saturated heterocycles. The maximum atomic E-state index is 4.42. The lowest BCUT2D eigenvalue weighted by atomic mass is 10.1. The minimum absolute atomic E-state index is 0.704. The summed E-state index contributed by atoms with van der Waals surface area (Å²) >= 11 is 3.40. The van der Waals surface area contributed by atoms with Gasteiger partial charge < -0.3 is 10.2 Å². The molecule has 3 nitrogen and oxygen atoms in total. The third-order valence-electron chi connectivity index (χ3n) is 3.34. The van der Waals surface area contributed by atoms with Crippen molar-refractivity contribution in [1.82, 2.24) is 15.2 Å². The van der Waals surface area contributed by atoms with Crippen LogP contribution in [0.2, 0.25) is 0 Å². The lowest BCUT2D eigenvalue weighted by Gasteiger charge is -2.20. The van der Waals surface area contributed by atoms with Crippen molar-refractivity contribution in [1.29, 1.82) is 0 Å². The summed E-state index contributed by atoms with van der Waals surface area (Å²) in [7, 11) is 0. The number of hydrogen-bond acceptors (Lipinski definition) is 3. The maximum Gasteiger partial charge on any atom is 0.106 e. The highest BCUT2D eigenvalue weighted by molar-refractivity contribution is 9.10. The van der Waals surface area contributed by atoms with Gasteiger partial charge in [-0.1, -0.05) is 13.0 Å². The molecule has 1 aromatic heterocycles. The second kappa shape index (κ2) is 7.22. The molecule has 0 bridgehead atoms. The summed E-state index contributed by atoms with van der Waals surface area (Å²) in [6.07, 6.45) is 2.75. The largest absolute Gasteiger partial charge is 0.311 e. The average Bonchev–Trinajstić information content (AvgIpc) is 2.82. The summed E-state index contributed by atoms with van der Waals surface area (Å²) < 4.78 is 0.909. The smallest absolute Gasteiger partial charge is 0.106 e. The maximum absolute atomic E-state index is 4.42. The fraction of sp³-hybridized carbons (Fsp3) is 0.643. The lowest BCUT2D eigenvalue weighted by molar-refractivity contribution is 0.282. The van der Waals surface area contributed by atoms with E-state index < -0.39 is 0 Å². The van der Waals surface area contributed by atoms with Crippen LogP contribution in [0.25, 0.3) is 0 Å². The number of halogens is 1. The van der Waals surface area contributed by atoms with E-state index in [-0.39, 0.29) is 0 Å². The molecule has 0 aliphatic carbocycles. The van der Waals surface area contributed by atoms with Crippen LogP contribution in [0.15, 0.2) is 22.8 Å². The van der Waals surface area contributed by atoms with Crippen molar-refractivity contribution in [2.45, 2.75) is 26.3 Å². The van der Waals surface area contributed by atoms with Gasteiger partial charge in [0.15, 0.2) is 0 Å².